The largest absolute Gasteiger partial charge is 0.465 e. The van der Waals surface area contributed by atoms with E-state index in [1.165, 1.54) is 0 Å². The highest BCUT2D eigenvalue weighted by Gasteiger charge is 2.27. The van der Waals surface area contributed by atoms with Crippen LogP contribution >= 0.6 is 0 Å². The monoisotopic (exact) mass is 175 g/mol. The van der Waals surface area contributed by atoms with Gasteiger partial charge in [-0.1, -0.05) is 0 Å². The lowest BCUT2D eigenvalue weighted by atomic mass is 10.1. The second-order valence-corrected chi connectivity index (χ2v) is 2.62. The van der Waals surface area contributed by atoms with Gasteiger partial charge in [0, 0.05) is 6.42 Å². The summed E-state index contributed by atoms with van der Waals surface area (Å²) in [6, 6.07) is -0.534. The number of ether oxygens (including phenoxy) is 1. The smallest absolute Gasteiger partial charge is 0.325 e. The number of aliphatic hydroxyl groups is 1. The number of carbonyl (C=O) groups excluding carboxylic acids is 1. The van der Waals surface area contributed by atoms with E-state index in [1.54, 1.807) is 6.92 Å². The van der Waals surface area contributed by atoms with Crippen molar-refractivity contribution >= 4 is 5.97 Å². The standard InChI is InChI=1S/C7H13NO4/c1-2-11-7(10)6-3-5(9)4-12-8-6/h5-6,8-9H,2-4H2,1H3/t5-,6+/m1/s1. The fourth-order valence-corrected chi connectivity index (χ4v) is 1.02. The van der Waals surface area contributed by atoms with Gasteiger partial charge in [0.1, 0.15) is 6.04 Å². The van der Waals surface area contributed by atoms with E-state index in [1.807, 2.05) is 0 Å². The van der Waals surface area contributed by atoms with Crippen LogP contribution in [0.15, 0.2) is 0 Å². The van der Waals surface area contributed by atoms with Crippen molar-refractivity contribution in [3.8, 4) is 0 Å². The first-order chi connectivity index (χ1) is 5.74. The molecule has 1 aliphatic rings. The first-order valence-electron chi connectivity index (χ1n) is 3.96. The zero-order valence-electron chi connectivity index (χ0n) is 6.95. The molecule has 70 valence electrons. The van der Waals surface area contributed by atoms with Crippen LogP contribution in [0.4, 0.5) is 0 Å². The Labute approximate surface area is 70.6 Å². The summed E-state index contributed by atoms with van der Waals surface area (Å²) < 4.78 is 4.74. The van der Waals surface area contributed by atoms with Crippen molar-refractivity contribution in [1.82, 2.24) is 5.48 Å². The third-order valence-electron chi connectivity index (χ3n) is 1.58. The predicted molar refractivity (Wildman–Crippen MR) is 40.1 cm³/mol. The molecule has 5 heteroatoms. The van der Waals surface area contributed by atoms with E-state index in [2.05, 4.69) is 5.48 Å². The van der Waals surface area contributed by atoms with Crippen molar-refractivity contribution in [3.63, 3.8) is 0 Å². The number of esters is 1. The van der Waals surface area contributed by atoms with Crippen LogP contribution in [0.3, 0.4) is 0 Å². The Morgan fingerprint density at radius 3 is 3.17 bits per heavy atom. The summed E-state index contributed by atoms with van der Waals surface area (Å²) in [6.45, 7) is 2.29. The maximum atomic E-state index is 11.1. The predicted octanol–water partition coefficient (Wildman–Crippen LogP) is -0.796. The van der Waals surface area contributed by atoms with Crippen LogP contribution in [-0.2, 0) is 14.4 Å². The highest BCUT2D eigenvalue weighted by Crippen LogP contribution is 2.06. The molecule has 0 unspecified atom stereocenters. The van der Waals surface area contributed by atoms with Gasteiger partial charge in [-0.05, 0) is 6.92 Å². The minimum Gasteiger partial charge on any atom is -0.465 e. The molecule has 2 N–H and O–H groups in total. The van der Waals surface area contributed by atoms with Crippen molar-refractivity contribution in [2.24, 2.45) is 0 Å². The van der Waals surface area contributed by atoms with Crippen molar-refractivity contribution < 1.29 is 19.5 Å². The highest BCUT2D eigenvalue weighted by atomic mass is 16.7. The molecule has 1 rings (SSSR count). The Hall–Kier alpha value is -0.650. The second kappa shape index (κ2) is 4.39. The Balaban J connectivity index is 2.35. The summed E-state index contributed by atoms with van der Waals surface area (Å²) >= 11 is 0. The number of hydrogen-bond donors (Lipinski definition) is 2. The van der Waals surface area contributed by atoms with Gasteiger partial charge in [0.15, 0.2) is 0 Å². The maximum absolute atomic E-state index is 11.1. The van der Waals surface area contributed by atoms with Crippen molar-refractivity contribution in [1.29, 1.82) is 0 Å². The number of carbonyl (C=O) groups is 1. The number of hydrogen-bond acceptors (Lipinski definition) is 5. The minimum atomic E-state index is -0.583. The molecule has 0 aliphatic carbocycles. The fraction of sp³-hybridized carbons (Fsp3) is 0.857. The topological polar surface area (TPSA) is 67.8 Å². The first-order valence-corrected chi connectivity index (χ1v) is 3.96. The Kier molecular flexibility index (Phi) is 3.46. The summed E-state index contributed by atoms with van der Waals surface area (Å²) in [5.41, 5.74) is 2.50. The molecule has 1 heterocycles. The van der Waals surface area contributed by atoms with E-state index in [0.717, 1.165) is 0 Å². The molecule has 0 saturated carbocycles. The van der Waals surface area contributed by atoms with Gasteiger partial charge in [-0.2, -0.15) is 5.48 Å². The fourth-order valence-electron chi connectivity index (χ4n) is 1.02. The third kappa shape index (κ3) is 2.44. The Morgan fingerprint density at radius 2 is 2.58 bits per heavy atom. The lowest BCUT2D eigenvalue weighted by Crippen LogP contribution is -2.47. The zero-order valence-corrected chi connectivity index (χ0v) is 6.95. The molecule has 5 nitrogen and oxygen atoms in total. The molecular weight excluding hydrogens is 162 g/mol. The Morgan fingerprint density at radius 1 is 1.83 bits per heavy atom. The van der Waals surface area contributed by atoms with Crippen LogP contribution in [0.5, 0.6) is 0 Å². The highest BCUT2D eigenvalue weighted by molar-refractivity contribution is 5.75. The quantitative estimate of drug-likeness (QED) is 0.538. The van der Waals surface area contributed by atoms with Gasteiger partial charge < -0.3 is 9.84 Å². The molecule has 0 aromatic heterocycles. The average Bonchev–Trinajstić information content (AvgIpc) is 2.05. The molecule has 2 atom stereocenters. The molecule has 0 aromatic carbocycles. The van der Waals surface area contributed by atoms with Crippen LogP contribution in [0.1, 0.15) is 13.3 Å². The van der Waals surface area contributed by atoms with E-state index in [4.69, 9.17) is 14.7 Å². The van der Waals surface area contributed by atoms with Crippen LogP contribution in [0.2, 0.25) is 0 Å². The van der Waals surface area contributed by atoms with Crippen molar-refractivity contribution in [2.75, 3.05) is 13.2 Å². The molecule has 12 heavy (non-hydrogen) atoms. The number of nitrogens with one attached hydrogen (secondary N) is 1. The molecule has 1 fully saturated rings. The average molecular weight is 175 g/mol. The summed E-state index contributed by atoms with van der Waals surface area (Å²) in [7, 11) is 0. The number of rotatable bonds is 2. The zero-order chi connectivity index (χ0) is 8.97. The number of hydroxylamine groups is 1. The van der Waals surface area contributed by atoms with Crippen molar-refractivity contribution in [3.05, 3.63) is 0 Å². The van der Waals surface area contributed by atoms with Crippen LogP contribution in [0.25, 0.3) is 0 Å². The second-order valence-electron chi connectivity index (χ2n) is 2.62. The van der Waals surface area contributed by atoms with Gasteiger partial charge in [0.2, 0.25) is 0 Å². The molecule has 0 radical (unpaired) electrons. The van der Waals surface area contributed by atoms with Gasteiger partial charge in [0.05, 0.1) is 19.3 Å². The molecule has 0 bridgehead atoms. The molecule has 1 aliphatic heterocycles. The molecule has 0 spiro atoms. The molecule has 1 saturated heterocycles. The van der Waals surface area contributed by atoms with Crippen molar-refractivity contribution in [2.45, 2.75) is 25.5 Å². The summed E-state index contributed by atoms with van der Waals surface area (Å²) in [5, 5.41) is 9.12. The first kappa shape index (κ1) is 9.44. The van der Waals surface area contributed by atoms with E-state index < -0.39 is 12.1 Å². The summed E-state index contributed by atoms with van der Waals surface area (Å²) in [5.74, 6) is -0.378. The Bertz CT molecular complexity index is 161. The van der Waals surface area contributed by atoms with E-state index >= 15 is 0 Å². The van der Waals surface area contributed by atoms with E-state index in [9.17, 15) is 4.79 Å². The van der Waals surface area contributed by atoms with Gasteiger partial charge in [0.25, 0.3) is 0 Å². The van der Waals surface area contributed by atoms with Crippen LogP contribution < -0.4 is 5.48 Å². The lowest BCUT2D eigenvalue weighted by Gasteiger charge is -2.24. The van der Waals surface area contributed by atoms with Crippen LogP contribution in [0, 0.1) is 0 Å². The molecular formula is C7H13NO4. The van der Waals surface area contributed by atoms with Crippen LogP contribution in [-0.4, -0.2) is 36.4 Å². The van der Waals surface area contributed by atoms with E-state index in [-0.39, 0.29) is 12.6 Å². The minimum absolute atomic E-state index is 0.218. The van der Waals surface area contributed by atoms with Gasteiger partial charge in [-0.3, -0.25) is 9.63 Å². The lowest BCUT2D eigenvalue weighted by molar-refractivity contribution is -0.159. The third-order valence-corrected chi connectivity index (χ3v) is 1.58. The molecule has 0 aromatic rings. The summed E-state index contributed by atoms with van der Waals surface area (Å²) in [4.78, 5) is 15.8. The van der Waals surface area contributed by atoms with Gasteiger partial charge in [-0.25, -0.2) is 0 Å². The SMILES string of the molecule is CCOC(=O)[C@@H]1C[C@@H](O)CON1. The summed E-state index contributed by atoms with van der Waals surface area (Å²) in [6.07, 6.45) is -0.237. The van der Waals surface area contributed by atoms with Gasteiger partial charge >= 0.3 is 5.97 Å². The number of aliphatic hydroxyl groups excluding tert-OH is 1. The van der Waals surface area contributed by atoms with Gasteiger partial charge in [-0.15, -0.1) is 0 Å². The normalized spacial score (nSPS) is 29.8. The molecule has 0 amide bonds. The maximum Gasteiger partial charge on any atom is 0.325 e. The van der Waals surface area contributed by atoms with E-state index in [0.29, 0.717) is 13.0 Å².